The third-order valence-corrected chi connectivity index (χ3v) is 3.57. The van der Waals surface area contributed by atoms with Crippen LogP contribution in [0.5, 0.6) is 5.75 Å². The molecule has 2 atom stereocenters. The highest BCUT2D eigenvalue weighted by Crippen LogP contribution is 2.44. The lowest BCUT2D eigenvalue weighted by molar-refractivity contribution is 0.357. The van der Waals surface area contributed by atoms with Gasteiger partial charge in [-0.1, -0.05) is 6.92 Å². The minimum atomic E-state index is -0.646. The molecule has 0 aromatic heterocycles. The molecule has 0 fully saturated rings. The van der Waals surface area contributed by atoms with Crippen LogP contribution in [-0.2, 0) is 0 Å². The van der Waals surface area contributed by atoms with Gasteiger partial charge in [0.25, 0.3) is 0 Å². The minimum absolute atomic E-state index is 0.0366. The summed E-state index contributed by atoms with van der Waals surface area (Å²) in [5, 5.41) is 0. The van der Waals surface area contributed by atoms with Crippen molar-refractivity contribution in [1.29, 1.82) is 0 Å². The highest BCUT2D eigenvalue weighted by atomic mass is 19.1. The Morgan fingerprint density at radius 2 is 1.94 bits per heavy atom. The van der Waals surface area contributed by atoms with Crippen LogP contribution >= 0.6 is 0 Å². The average Bonchev–Trinajstić information content (AvgIpc) is 2.44. The Bertz CT molecular complexity index is 434. The SMILES string of the molecule is COc1c(F)cc2c(c1F)C(C)C(C)N2C. The van der Waals surface area contributed by atoms with Gasteiger partial charge in [-0.25, -0.2) is 8.78 Å². The normalized spacial score (nSPS) is 23.5. The Morgan fingerprint density at radius 1 is 1.31 bits per heavy atom. The number of anilines is 1. The zero-order chi connectivity index (χ0) is 12.0. The molecule has 4 heteroatoms. The number of ether oxygens (including phenoxy) is 1. The van der Waals surface area contributed by atoms with Crippen molar-refractivity contribution in [3.05, 3.63) is 23.3 Å². The first-order chi connectivity index (χ1) is 7.49. The van der Waals surface area contributed by atoms with E-state index in [0.717, 1.165) is 0 Å². The average molecular weight is 227 g/mol. The van der Waals surface area contributed by atoms with Crippen molar-refractivity contribution in [3.63, 3.8) is 0 Å². The van der Waals surface area contributed by atoms with Gasteiger partial charge in [0.05, 0.1) is 7.11 Å². The standard InChI is InChI=1S/C12H15F2NO/c1-6-7(2)15(3)9-5-8(13)12(16-4)11(14)10(6)9/h5-7H,1-4H3. The summed E-state index contributed by atoms with van der Waals surface area (Å²) in [6.45, 7) is 3.93. The quantitative estimate of drug-likeness (QED) is 0.731. The van der Waals surface area contributed by atoms with Crippen molar-refractivity contribution in [2.24, 2.45) is 0 Å². The van der Waals surface area contributed by atoms with Gasteiger partial charge in [0.1, 0.15) is 0 Å². The van der Waals surface area contributed by atoms with Crippen LogP contribution in [0, 0.1) is 11.6 Å². The number of nitrogens with zero attached hydrogens (tertiary/aromatic N) is 1. The summed E-state index contributed by atoms with van der Waals surface area (Å²) >= 11 is 0. The van der Waals surface area contributed by atoms with Crippen LogP contribution < -0.4 is 9.64 Å². The van der Waals surface area contributed by atoms with Crippen molar-refractivity contribution in [3.8, 4) is 5.75 Å². The summed E-state index contributed by atoms with van der Waals surface area (Å²) in [5.41, 5.74) is 1.17. The molecule has 1 aromatic carbocycles. The van der Waals surface area contributed by atoms with E-state index >= 15 is 0 Å². The van der Waals surface area contributed by atoms with Gasteiger partial charge in [-0.15, -0.1) is 0 Å². The smallest absolute Gasteiger partial charge is 0.190 e. The second kappa shape index (κ2) is 3.61. The zero-order valence-electron chi connectivity index (χ0n) is 9.84. The molecule has 88 valence electrons. The van der Waals surface area contributed by atoms with E-state index in [0.29, 0.717) is 11.3 Å². The van der Waals surface area contributed by atoms with Crippen LogP contribution in [0.3, 0.4) is 0 Å². The van der Waals surface area contributed by atoms with E-state index in [4.69, 9.17) is 4.74 Å². The molecular formula is C12H15F2NO. The number of benzene rings is 1. The van der Waals surface area contributed by atoms with E-state index in [1.54, 1.807) is 0 Å². The van der Waals surface area contributed by atoms with Crippen LogP contribution in [-0.4, -0.2) is 20.2 Å². The number of fused-ring (bicyclic) bond motifs is 1. The molecular weight excluding hydrogens is 212 g/mol. The van der Waals surface area contributed by atoms with Gasteiger partial charge in [0.15, 0.2) is 17.4 Å². The fourth-order valence-corrected chi connectivity index (χ4v) is 2.31. The van der Waals surface area contributed by atoms with E-state index in [9.17, 15) is 8.78 Å². The molecule has 1 aliphatic heterocycles. The minimum Gasteiger partial charge on any atom is -0.491 e. The molecule has 0 saturated heterocycles. The molecule has 1 aromatic rings. The monoisotopic (exact) mass is 227 g/mol. The van der Waals surface area contributed by atoms with Crippen LogP contribution in [0.25, 0.3) is 0 Å². The number of halogens is 2. The summed E-state index contributed by atoms with van der Waals surface area (Å²) < 4.78 is 32.3. The molecule has 0 N–H and O–H groups in total. The van der Waals surface area contributed by atoms with Crippen molar-refractivity contribution < 1.29 is 13.5 Å². The molecule has 2 unspecified atom stereocenters. The van der Waals surface area contributed by atoms with E-state index in [2.05, 4.69) is 0 Å². The maximum atomic E-state index is 14.0. The number of methoxy groups -OCH3 is 1. The first-order valence-corrected chi connectivity index (χ1v) is 5.27. The van der Waals surface area contributed by atoms with Gasteiger partial charge < -0.3 is 9.64 Å². The summed E-state index contributed by atoms with van der Waals surface area (Å²) in [5.74, 6) is -1.46. The van der Waals surface area contributed by atoms with Crippen LogP contribution in [0.2, 0.25) is 0 Å². The van der Waals surface area contributed by atoms with Gasteiger partial charge in [0, 0.05) is 36.3 Å². The Kier molecular flexibility index (Phi) is 2.52. The number of likely N-dealkylation sites (N-methyl/N-ethyl adjacent to an activating group) is 1. The van der Waals surface area contributed by atoms with Gasteiger partial charge in [-0.3, -0.25) is 0 Å². The first-order valence-electron chi connectivity index (χ1n) is 5.27. The van der Waals surface area contributed by atoms with Crippen molar-refractivity contribution in [2.75, 3.05) is 19.1 Å². The van der Waals surface area contributed by atoms with Crippen molar-refractivity contribution in [2.45, 2.75) is 25.8 Å². The van der Waals surface area contributed by atoms with Crippen molar-refractivity contribution >= 4 is 5.69 Å². The first kappa shape index (κ1) is 11.2. The molecule has 0 saturated carbocycles. The molecule has 0 radical (unpaired) electrons. The third kappa shape index (κ3) is 1.29. The molecule has 0 amide bonds. The fraction of sp³-hybridized carbons (Fsp3) is 0.500. The predicted octanol–water partition coefficient (Wildman–Crippen LogP) is 2.92. The topological polar surface area (TPSA) is 12.5 Å². The Morgan fingerprint density at radius 3 is 2.50 bits per heavy atom. The largest absolute Gasteiger partial charge is 0.491 e. The lowest BCUT2D eigenvalue weighted by atomic mass is 9.97. The highest BCUT2D eigenvalue weighted by molar-refractivity contribution is 5.64. The highest BCUT2D eigenvalue weighted by Gasteiger charge is 2.35. The maximum Gasteiger partial charge on any atom is 0.190 e. The molecule has 2 rings (SSSR count). The van der Waals surface area contributed by atoms with Crippen molar-refractivity contribution in [1.82, 2.24) is 0 Å². The second-order valence-electron chi connectivity index (χ2n) is 4.28. The lowest BCUT2D eigenvalue weighted by Crippen LogP contribution is -2.25. The molecule has 16 heavy (non-hydrogen) atoms. The third-order valence-electron chi connectivity index (χ3n) is 3.57. The number of rotatable bonds is 1. The maximum absolute atomic E-state index is 14.0. The van der Waals surface area contributed by atoms with E-state index in [1.807, 2.05) is 25.8 Å². The summed E-state index contributed by atoms with van der Waals surface area (Å²) in [6, 6.07) is 1.51. The van der Waals surface area contributed by atoms with Crippen LogP contribution in [0.1, 0.15) is 25.3 Å². The second-order valence-corrected chi connectivity index (χ2v) is 4.28. The summed E-state index contributed by atoms with van der Waals surface area (Å²) in [6.07, 6.45) is 0. The van der Waals surface area contributed by atoms with Gasteiger partial charge >= 0.3 is 0 Å². The molecule has 1 aliphatic rings. The summed E-state index contributed by atoms with van der Waals surface area (Å²) in [7, 11) is 3.12. The molecule has 0 bridgehead atoms. The fourth-order valence-electron chi connectivity index (χ4n) is 2.31. The molecule has 1 heterocycles. The summed E-state index contributed by atoms with van der Waals surface area (Å²) in [4.78, 5) is 1.89. The van der Waals surface area contributed by atoms with E-state index in [1.165, 1.54) is 13.2 Å². The zero-order valence-corrected chi connectivity index (χ0v) is 9.84. The number of hydrogen-bond acceptors (Lipinski definition) is 2. The lowest BCUT2D eigenvalue weighted by Gasteiger charge is -2.20. The van der Waals surface area contributed by atoms with Gasteiger partial charge in [-0.2, -0.15) is 0 Å². The molecule has 0 spiro atoms. The van der Waals surface area contributed by atoms with Crippen LogP contribution in [0.15, 0.2) is 6.07 Å². The Labute approximate surface area is 93.8 Å². The predicted molar refractivity (Wildman–Crippen MR) is 59.2 cm³/mol. The number of hydrogen-bond donors (Lipinski definition) is 0. The van der Waals surface area contributed by atoms with E-state index in [-0.39, 0.29) is 17.7 Å². The van der Waals surface area contributed by atoms with Gasteiger partial charge in [-0.05, 0) is 6.92 Å². The van der Waals surface area contributed by atoms with Gasteiger partial charge in [0.2, 0.25) is 0 Å². The van der Waals surface area contributed by atoms with E-state index < -0.39 is 11.6 Å². The Hall–Kier alpha value is -1.32. The van der Waals surface area contributed by atoms with Crippen LogP contribution in [0.4, 0.5) is 14.5 Å². The molecule has 2 nitrogen and oxygen atoms in total. The molecule has 0 aliphatic carbocycles. The Balaban J connectivity index is 2.68.